The summed E-state index contributed by atoms with van der Waals surface area (Å²) in [6, 6.07) is 7.82. The van der Waals surface area contributed by atoms with Crippen molar-refractivity contribution in [1.29, 1.82) is 0 Å². The Hall–Kier alpha value is -1.07. The molecule has 0 spiro atoms. The number of piperidine rings is 1. The Bertz CT molecular complexity index is 435. The first-order chi connectivity index (χ1) is 9.63. The minimum atomic E-state index is 0.0566. The van der Waals surface area contributed by atoms with Crippen LogP contribution in [0.5, 0.6) is 0 Å². The van der Waals surface area contributed by atoms with E-state index < -0.39 is 0 Å². The van der Waals surface area contributed by atoms with Gasteiger partial charge in [-0.05, 0) is 56.6 Å². The smallest absolute Gasteiger partial charge is 0.239 e. The minimum absolute atomic E-state index is 0.0566. The van der Waals surface area contributed by atoms with Crippen molar-refractivity contribution in [3.63, 3.8) is 0 Å². The first kappa shape index (κ1) is 15.3. The minimum Gasteiger partial charge on any atom is -0.376 e. The van der Waals surface area contributed by atoms with Crippen molar-refractivity contribution in [2.45, 2.75) is 12.8 Å². The van der Waals surface area contributed by atoms with Crippen LogP contribution in [0.15, 0.2) is 28.7 Å². The normalized spacial score (nSPS) is 19.6. The van der Waals surface area contributed by atoms with Gasteiger partial charge in [0.05, 0.1) is 6.54 Å². The van der Waals surface area contributed by atoms with Crippen LogP contribution in [0.4, 0.5) is 5.69 Å². The summed E-state index contributed by atoms with van der Waals surface area (Å²) in [7, 11) is 2.14. The van der Waals surface area contributed by atoms with Crippen molar-refractivity contribution in [2.75, 3.05) is 38.5 Å². The molecule has 2 N–H and O–H groups in total. The Kier molecular flexibility index (Phi) is 5.86. The number of nitrogens with one attached hydrogen (secondary N) is 2. The second kappa shape index (κ2) is 7.64. The molecular formula is C15H22BrN3O. The van der Waals surface area contributed by atoms with E-state index in [1.54, 1.807) is 0 Å². The maximum atomic E-state index is 11.8. The molecule has 4 nitrogen and oxygen atoms in total. The molecule has 1 saturated heterocycles. The molecule has 110 valence electrons. The van der Waals surface area contributed by atoms with Gasteiger partial charge in [0.1, 0.15) is 0 Å². The maximum Gasteiger partial charge on any atom is 0.239 e. The van der Waals surface area contributed by atoms with Crippen LogP contribution in [-0.2, 0) is 4.79 Å². The number of nitrogens with zero attached hydrogens (tertiary/aromatic N) is 1. The first-order valence-corrected chi connectivity index (χ1v) is 7.87. The molecule has 1 atom stereocenters. The van der Waals surface area contributed by atoms with Crippen molar-refractivity contribution in [3.05, 3.63) is 28.7 Å². The lowest BCUT2D eigenvalue weighted by Crippen LogP contribution is -2.40. The molecule has 0 aromatic heterocycles. The fourth-order valence-corrected chi connectivity index (χ4v) is 2.77. The van der Waals surface area contributed by atoms with Gasteiger partial charge >= 0.3 is 0 Å². The van der Waals surface area contributed by atoms with Crippen molar-refractivity contribution < 1.29 is 4.79 Å². The fourth-order valence-electron chi connectivity index (χ4n) is 2.51. The molecule has 1 aliphatic heterocycles. The molecule has 1 aromatic carbocycles. The molecule has 1 heterocycles. The van der Waals surface area contributed by atoms with Gasteiger partial charge < -0.3 is 15.5 Å². The van der Waals surface area contributed by atoms with Crippen molar-refractivity contribution in [2.24, 2.45) is 5.92 Å². The van der Waals surface area contributed by atoms with Crippen molar-refractivity contribution >= 4 is 27.5 Å². The van der Waals surface area contributed by atoms with Crippen LogP contribution in [0.1, 0.15) is 12.8 Å². The molecule has 0 aliphatic carbocycles. The molecule has 0 saturated carbocycles. The van der Waals surface area contributed by atoms with Gasteiger partial charge in [-0.2, -0.15) is 0 Å². The summed E-state index contributed by atoms with van der Waals surface area (Å²) in [6.07, 6.45) is 2.44. The fraction of sp³-hybridized carbons (Fsp3) is 0.533. The lowest BCUT2D eigenvalue weighted by molar-refractivity contribution is -0.119. The number of hydrogen-bond acceptors (Lipinski definition) is 3. The van der Waals surface area contributed by atoms with Crippen LogP contribution >= 0.6 is 15.9 Å². The van der Waals surface area contributed by atoms with Gasteiger partial charge in [-0.25, -0.2) is 0 Å². The zero-order chi connectivity index (χ0) is 14.4. The number of likely N-dealkylation sites (tertiary alicyclic amines) is 1. The van der Waals surface area contributed by atoms with Gasteiger partial charge in [0.15, 0.2) is 0 Å². The standard InChI is InChI=1S/C15H22BrN3O/c1-19-8-2-3-12(11-19)9-18-15(20)10-17-14-6-4-13(16)5-7-14/h4-7,12,17H,2-3,8-11H2,1H3,(H,18,20). The summed E-state index contributed by atoms with van der Waals surface area (Å²) < 4.78 is 1.04. The maximum absolute atomic E-state index is 11.8. The Morgan fingerprint density at radius 3 is 2.85 bits per heavy atom. The first-order valence-electron chi connectivity index (χ1n) is 7.08. The van der Waals surface area contributed by atoms with E-state index in [1.807, 2.05) is 24.3 Å². The summed E-state index contributed by atoms with van der Waals surface area (Å²) in [5, 5.41) is 6.14. The van der Waals surface area contributed by atoms with E-state index in [2.05, 4.69) is 38.5 Å². The number of rotatable bonds is 5. The number of hydrogen-bond donors (Lipinski definition) is 2. The molecule has 0 bridgehead atoms. The van der Waals surface area contributed by atoms with E-state index in [-0.39, 0.29) is 5.91 Å². The quantitative estimate of drug-likeness (QED) is 0.865. The lowest BCUT2D eigenvalue weighted by atomic mass is 9.98. The summed E-state index contributed by atoms with van der Waals surface area (Å²) in [5.41, 5.74) is 0.959. The zero-order valence-electron chi connectivity index (χ0n) is 11.9. The molecule has 1 fully saturated rings. The third kappa shape index (κ3) is 5.13. The van der Waals surface area contributed by atoms with Gasteiger partial charge in [0, 0.05) is 23.2 Å². The Morgan fingerprint density at radius 2 is 2.15 bits per heavy atom. The topological polar surface area (TPSA) is 44.4 Å². The zero-order valence-corrected chi connectivity index (χ0v) is 13.4. The number of benzene rings is 1. The monoisotopic (exact) mass is 339 g/mol. The van der Waals surface area contributed by atoms with Crippen LogP contribution in [0, 0.1) is 5.92 Å². The van der Waals surface area contributed by atoms with Gasteiger partial charge in [-0.1, -0.05) is 15.9 Å². The molecule has 2 rings (SSSR count). The van der Waals surface area contributed by atoms with E-state index in [9.17, 15) is 4.79 Å². The highest BCUT2D eigenvalue weighted by Gasteiger charge is 2.17. The van der Waals surface area contributed by atoms with E-state index in [0.717, 1.165) is 23.2 Å². The molecule has 5 heteroatoms. The molecule has 20 heavy (non-hydrogen) atoms. The van der Waals surface area contributed by atoms with Gasteiger partial charge in [-0.15, -0.1) is 0 Å². The highest BCUT2D eigenvalue weighted by Crippen LogP contribution is 2.14. The Morgan fingerprint density at radius 1 is 1.40 bits per heavy atom. The third-order valence-corrected chi connectivity index (χ3v) is 4.14. The van der Waals surface area contributed by atoms with Crippen molar-refractivity contribution in [3.8, 4) is 0 Å². The molecule has 1 unspecified atom stereocenters. The molecular weight excluding hydrogens is 318 g/mol. The van der Waals surface area contributed by atoms with Crippen LogP contribution in [0.25, 0.3) is 0 Å². The Labute approximate surface area is 129 Å². The van der Waals surface area contributed by atoms with E-state index in [4.69, 9.17) is 0 Å². The summed E-state index contributed by atoms with van der Waals surface area (Å²) in [6.45, 7) is 3.37. The molecule has 1 amide bonds. The summed E-state index contributed by atoms with van der Waals surface area (Å²) in [5.74, 6) is 0.645. The number of anilines is 1. The molecule has 0 radical (unpaired) electrons. The molecule has 1 aromatic rings. The third-order valence-electron chi connectivity index (χ3n) is 3.61. The van der Waals surface area contributed by atoms with Gasteiger partial charge in [-0.3, -0.25) is 4.79 Å². The highest BCUT2D eigenvalue weighted by atomic mass is 79.9. The van der Waals surface area contributed by atoms with Crippen LogP contribution < -0.4 is 10.6 Å². The van der Waals surface area contributed by atoms with Gasteiger partial charge in [0.2, 0.25) is 5.91 Å². The predicted octanol–water partition coefficient (Wildman–Crippen LogP) is 2.32. The van der Waals surface area contributed by atoms with Crippen LogP contribution in [0.2, 0.25) is 0 Å². The van der Waals surface area contributed by atoms with E-state index in [0.29, 0.717) is 12.5 Å². The Balaban J connectivity index is 1.66. The molecule has 1 aliphatic rings. The highest BCUT2D eigenvalue weighted by molar-refractivity contribution is 9.10. The SMILES string of the molecule is CN1CCCC(CNC(=O)CNc2ccc(Br)cc2)C1. The summed E-state index contributed by atoms with van der Waals surface area (Å²) >= 11 is 3.39. The average Bonchev–Trinajstić information content (AvgIpc) is 2.45. The second-order valence-electron chi connectivity index (χ2n) is 5.44. The second-order valence-corrected chi connectivity index (χ2v) is 6.35. The van der Waals surface area contributed by atoms with E-state index >= 15 is 0 Å². The number of carbonyl (C=O) groups is 1. The largest absolute Gasteiger partial charge is 0.376 e. The average molecular weight is 340 g/mol. The van der Waals surface area contributed by atoms with Gasteiger partial charge in [0.25, 0.3) is 0 Å². The van der Waals surface area contributed by atoms with Crippen molar-refractivity contribution in [1.82, 2.24) is 10.2 Å². The number of halogens is 1. The van der Waals surface area contributed by atoms with E-state index in [1.165, 1.54) is 19.4 Å². The lowest BCUT2D eigenvalue weighted by Gasteiger charge is -2.29. The number of amides is 1. The predicted molar refractivity (Wildman–Crippen MR) is 85.9 cm³/mol. The number of carbonyl (C=O) groups excluding carboxylic acids is 1. The van der Waals surface area contributed by atoms with Crippen LogP contribution in [0.3, 0.4) is 0 Å². The van der Waals surface area contributed by atoms with Crippen LogP contribution in [-0.4, -0.2) is 44.0 Å². The summed E-state index contributed by atoms with van der Waals surface area (Å²) in [4.78, 5) is 14.1.